The predicted molar refractivity (Wildman–Crippen MR) is 60.7 cm³/mol. The third-order valence-corrected chi connectivity index (χ3v) is 3.39. The van der Waals surface area contributed by atoms with E-state index in [-0.39, 0.29) is 0 Å². The van der Waals surface area contributed by atoms with Gasteiger partial charge in [0.25, 0.3) is 0 Å². The van der Waals surface area contributed by atoms with E-state index in [0.717, 1.165) is 18.6 Å². The first-order valence-corrected chi connectivity index (χ1v) is 5.32. The summed E-state index contributed by atoms with van der Waals surface area (Å²) in [6.45, 7) is 0. The zero-order valence-electron chi connectivity index (χ0n) is 8.43. The van der Waals surface area contributed by atoms with Crippen LogP contribution in [0, 0.1) is 5.92 Å². The Morgan fingerprint density at radius 2 is 2.00 bits per heavy atom. The molecule has 1 fully saturated rings. The lowest BCUT2D eigenvalue weighted by Gasteiger charge is -2.32. The van der Waals surface area contributed by atoms with Gasteiger partial charge in [-0.25, -0.2) is 20.0 Å². The molecule has 0 aromatic heterocycles. The lowest BCUT2D eigenvalue weighted by atomic mass is 9.87. The van der Waals surface area contributed by atoms with Gasteiger partial charge in [0, 0.05) is 5.92 Å². The van der Waals surface area contributed by atoms with Crippen molar-refractivity contribution in [3.63, 3.8) is 0 Å². The molecule has 5 nitrogen and oxygen atoms in total. The highest BCUT2D eigenvalue weighted by atomic mass is 15.2. The highest BCUT2D eigenvalue weighted by Gasteiger charge is 2.44. The van der Waals surface area contributed by atoms with Crippen LogP contribution in [0.5, 0.6) is 0 Å². The van der Waals surface area contributed by atoms with Crippen LogP contribution in [0.4, 0.5) is 0 Å². The molecule has 3 rings (SSSR count). The standard InChI is InChI=1S/C10H13N5/c11-10(7-3-1-2-4-7)8-9(13-5-12-8)14-6-15-10/h5-7H,1-4,11H2. The van der Waals surface area contributed by atoms with E-state index in [0.29, 0.717) is 11.8 Å². The van der Waals surface area contributed by atoms with Gasteiger partial charge in [0.15, 0.2) is 11.5 Å². The number of rotatable bonds is 1. The SMILES string of the molecule is NC1(C2CCCC2)N=CN=C2N=CN=C21. The molecule has 5 heteroatoms. The summed E-state index contributed by atoms with van der Waals surface area (Å²) >= 11 is 0. The van der Waals surface area contributed by atoms with Crippen molar-refractivity contribution in [1.29, 1.82) is 0 Å². The van der Waals surface area contributed by atoms with Gasteiger partial charge in [-0.05, 0) is 12.8 Å². The van der Waals surface area contributed by atoms with Crippen molar-refractivity contribution in [1.82, 2.24) is 0 Å². The molecule has 0 aromatic rings. The zero-order chi connectivity index (χ0) is 10.3. The van der Waals surface area contributed by atoms with Crippen molar-refractivity contribution in [2.75, 3.05) is 0 Å². The van der Waals surface area contributed by atoms with Crippen LogP contribution < -0.4 is 5.73 Å². The van der Waals surface area contributed by atoms with Crippen LogP contribution in [0.25, 0.3) is 0 Å². The zero-order valence-corrected chi connectivity index (χ0v) is 8.43. The lowest BCUT2D eigenvalue weighted by molar-refractivity contribution is 0.379. The second-order valence-electron chi connectivity index (χ2n) is 4.23. The maximum Gasteiger partial charge on any atom is 0.180 e. The van der Waals surface area contributed by atoms with E-state index in [2.05, 4.69) is 20.0 Å². The van der Waals surface area contributed by atoms with E-state index in [1.165, 1.54) is 25.5 Å². The molecule has 0 bridgehead atoms. The molecular weight excluding hydrogens is 190 g/mol. The van der Waals surface area contributed by atoms with Gasteiger partial charge in [-0.15, -0.1) is 0 Å². The fraction of sp³-hybridized carbons (Fsp3) is 0.600. The average molecular weight is 203 g/mol. The molecule has 0 radical (unpaired) electrons. The topological polar surface area (TPSA) is 75.5 Å². The molecular formula is C10H13N5. The number of fused-ring (bicyclic) bond motifs is 1. The molecule has 1 unspecified atom stereocenters. The van der Waals surface area contributed by atoms with Crippen molar-refractivity contribution in [3.05, 3.63) is 0 Å². The van der Waals surface area contributed by atoms with Gasteiger partial charge in [-0.1, -0.05) is 12.8 Å². The summed E-state index contributed by atoms with van der Waals surface area (Å²) in [5, 5.41) is 0. The lowest BCUT2D eigenvalue weighted by Crippen LogP contribution is -2.55. The smallest absolute Gasteiger partial charge is 0.180 e. The molecule has 0 spiro atoms. The number of nitrogens with two attached hydrogens (primary N) is 1. The Kier molecular flexibility index (Phi) is 1.82. The summed E-state index contributed by atoms with van der Waals surface area (Å²) in [7, 11) is 0. The second-order valence-corrected chi connectivity index (χ2v) is 4.23. The van der Waals surface area contributed by atoms with Crippen LogP contribution in [0.2, 0.25) is 0 Å². The van der Waals surface area contributed by atoms with Crippen LogP contribution >= 0.6 is 0 Å². The van der Waals surface area contributed by atoms with Crippen LogP contribution in [0.3, 0.4) is 0 Å². The largest absolute Gasteiger partial charge is 0.302 e. The molecule has 0 saturated heterocycles. The van der Waals surface area contributed by atoms with Crippen LogP contribution in [0.15, 0.2) is 20.0 Å². The normalized spacial score (nSPS) is 34.2. The molecule has 1 atom stereocenters. The third-order valence-electron chi connectivity index (χ3n) is 3.39. The molecule has 78 valence electrons. The molecule has 1 aliphatic carbocycles. The van der Waals surface area contributed by atoms with Crippen LogP contribution in [-0.4, -0.2) is 29.9 Å². The van der Waals surface area contributed by atoms with E-state index >= 15 is 0 Å². The molecule has 2 aliphatic heterocycles. The maximum atomic E-state index is 6.36. The highest BCUT2D eigenvalue weighted by molar-refractivity contribution is 6.50. The third kappa shape index (κ3) is 1.19. The minimum absolute atomic E-state index is 0.389. The van der Waals surface area contributed by atoms with Crippen LogP contribution in [0.1, 0.15) is 25.7 Å². The first-order chi connectivity index (χ1) is 7.31. The number of hydrogen-bond acceptors (Lipinski definition) is 5. The number of aliphatic imine (C=N–C) groups is 4. The second kappa shape index (κ2) is 3.06. The summed E-state index contributed by atoms with van der Waals surface area (Å²) in [4.78, 5) is 16.7. The predicted octanol–water partition coefficient (Wildman–Crippen LogP) is 0.755. The minimum Gasteiger partial charge on any atom is -0.302 e. The van der Waals surface area contributed by atoms with Gasteiger partial charge in [-0.2, -0.15) is 0 Å². The van der Waals surface area contributed by atoms with Crippen molar-refractivity contribution in [2.45, 2.75) is 31.3 Å². The number of amidine groups is 1. The molecule has 1 saturated carbocycles. The molecule has 0 aromatic carbocycles. The Hall–Kier alpha value is -1.36. The van der Waals surface area contributed by atoms with E-state index in [9.17, 15) is 0 Å². The van der Waals surface area contributed by atoms with Gasteiger partial charge < -0.3 is 5.73 Å². The summed E-state index contributed by atoms with van der Waals surface area (Å²) in [5.74, 6) is 1.03. The van der Waals surface area contributed by atoms with E-state index in [1.54, 1.807) is 0 Å². The van der Waals surface area contributed by atoms with Crippen molar-refractivity contribution in [2.24, 2.45) is 31.6 Å². The quantitative estimate of drug-likeness (QED) is 0.671. The summed E-state index contributed by atoms with van der Waals surface area (Å²) in [6.07, 6.45) is 7.76. The van der Waals surface area contributed by atoms with Gasteiger partial charge in [0.05, 0.1) is 0 Å². The Labute approximate surface area is 87.9 Å². The van der Waals surface area contributed by atoms with Crippen LogP contribution in [-0.2, 0) is 0 Å². The van der Waals surface area contributed by atoms with Crippen molar-refractivity contribution >= 4 is 24.2 Å². The molecule has 0 amide bonds. The first-order valence-electron chi connectivity index (χ1n) is 5.32. The van der Waals surface area contributed by atoms with E-state index in [1.807, 2.05) is 0 Å². The number of hydrogen-bond donors (Lipinski definition) is 1. The highest BCUT2D eigenvalue weighted by Crippen LogP contribution is 2.36. The molecule has 15 heavy (non-hydrogen) atoms. The molecule has 3 aliphatic rings. The van der Waals surface area contributed by atoms with Gasteiger partial charge in [-0.3, -0.25) is 0 Å². The fourth-order valence-electron chi connectivity index (χ4n) is 2.54. The monoisotopic (exact) mass is 203 g/mol. The van der Waals surface area contributed by atoms with Gasteiger partial charge >= 0.3 is 0 Å². The van der Waals surface area contributed by atoms with E-state index < -0.39 is 5.66 Å². The number of nitrogens with zero attached hydrogens (tertiary/aromatic N) is 4. The Morgan fingerprint density at radius 3 is 2.80 bits per heavy atom. The average Bonchev–Trinajstić information content (AvgIpc) is 2.89. The summed E-state index contributed by atoms with van der Waals surface area (Å²) < 4.78 is 0. The maximum absolute atomic E-state index is 6.36. The Morgan fingerprint density at radius 1 is 1.20 bits per heavy atom. The Balaban J connectivity index is 1.98. The van der Waals surface area contributed by atoms with Crippen molar-refractivity contribution < 1.29 is 0 Å². The van der Waals surface area contributed by atoms with Gasteiger partial charge in [0.2, 0.25) is 0 Å². The molecule has 2 heterocycles. The Bertz CT molecular complexity index is 400. The minimum atomic E-state index is -0.677. The molecule has 2 N–H and O–H groups in total. The fourth-order valence-corrected chi connectivity index (χ4v) is 2.54. The van der Waals surface area contributed by atoms with Crippen molar-refractivity contribution in [3.8, 4) is 0 Å². The van der Waals surface area contributed by atoms with Gasteiger partial charge in [0.1, 0.15) is 18.4 Å². The summed E-state index contributed by atoms with van der Waals surface area (Å²) in [6, 6.07) is 0. The van der Waals surface area contributed by atoms with E-state index in [4.69, 9.17) is 5.73 Å². The first kappa shape index (κ1) is 8.91. The summed E-state index contributed by atoms with van der Waals surface area (Å²) in [5.41, 5.74) is 6.43.